The van der Waals surface area contributed by atoms with Crippen molar-refractivity contribution < 1.29 is 9.18 Å². The predicted octanol–water partition coefficient (Wildman–Crippen LogP) is 1.72. The molecule has 0 aromatic heterocycles. The zero-order valence-corrected chi connectivity index (χ0v) is 10.0. The lowest BCUT2D eigenvalue weighted by Crippen LogP contribution is -2.40. The maximum Gasteiger partial charge on any atom is 0.241 e. The number of hydrogen-bond donors (Lipinski definition) is 3. The van der Waals surface area contributed by atoms with Crippen LogP contribution in [0.4, 0.5) is 15.8 Å². The Bertz CT molecular complexity index is 409. The van der Waals surface area contributed by atoms with Crippen LogP contribution >= 0.6 is 0 Å². The van der Waals surface area contributed by atoms with Gasteiger partial charge in [0.15, 0.2) is 0 Å². The van der Waals surface area contributed by atoms with Gasteiger partial charge in [-0.1, -0.05) is 20.3 Å². The number of amides is 1. The summed E-state index contributed by atoms with van der Waals surface area (Å²) in [4.78, 5) is 11.8. The molecule has 0 saturated heterocycles. The molecule has 1 rings (SSSR count). The van der Waals surface area contributed by atoms with Gasteiger partial charge >= 0.3 is 0 Å². The summed E-state index contributed by atoms with van der Waals surface area (Å²) >= 11 is 0. The second kappa shape index (κ2) is 5.63. The number of carbonyl (C=O) groups is 1. The lowest BCUT2D eigenvalue weighted by atomic mass is 9.99. The van der Waals surface area contributed by atoms with Crippen molar-refractivity contribution in [1.82, 2.24) is 0 Å². The van der Waals surface area contributed by atoms with Crippen LogP contribution in [-0.4, -0.2) is 11.9 Å². The molecule has 1 aromatic carbocycles. The molecule has 0 aliphatic carbocycles. The van der Waals surface area contributed by atoms with Crippen LogP contribution in [0.25, 0.3) is 0 Å². The second-order valence-electron chi connectivity index (χ2n) is 4.13. The maximum atomic E-state index is 12.8. The summed E-state index contributed by atoms with van der Waals surface area (Å²) in [6.07, 6.45) is 0.813. The van der Waals surface area contributed by atoms with Crippen molar-refractivity contribution in [2.75, 3.05) is 11.1 Å². The zero-order chi connectivity index (χ0) is 13.0. The molecule has 1 unspecified atom stereocenters. The number of nitrogens with one attached hydrogen (secondary N) is 1. The van der Waals surface area contributed by atoms with E-state index in [1.54, 1.807) is 0 Å². The molecule has 2 atom stereocenters. The van der Waals surface area contributed by atoms with Gasteiger partial charge in [0, 0.05) is 0 Å². The summed E-state index contributed by atoms with van der Waals surface area (Å²) in [5.74, 6) is -0.666. The van der Waals surface area contributed by atoms with Gasteiger partial charge < -0.3 is 16.8 Å². The van der Waals surface area contributed by atoms with Crippen LogP contribution in [0.15, 0.2) is 18.2 Å². The highest BCUT2D eigenvalue weighted by molar-refractivity contribution is 5.97. The largest absolute Gasteiger partial charge is 0.397 e. The van der Waals surface area contributed by atoms with Crippen LogP contribution in [0.1, 0.15) is 20.3 Å². The molecule has 1 amide bonds. The Kier molecular flexibility index (Phi) is 4.45. The standard InChI is InChI=1S/C12H18FN3O/c1-3-7(2)11(15)12(17)16-10-5-4-8(13)6-9(10)14/h4-7,11H,3,14-15H2,1-2H3,(H,16,17)/t7?,11-/m0/s1. The number of rotatable bonds is 4. The Morgan fingerprint density at radius 1 is 1.53 bits per heavy atom. The van der Waals surface area contributed by atoms with E-state index in [0.717, 1.165) is 12.5 Å². The third kappa shape index (κ3) is 3.42. The molecule has 0 saturated carbocycles. The van der Waals surface area contributed by atoms with Crippen molar-refractivity contribution in [3.8, 4) is 0 Å². The first-order chi connectivity index (χ1) is 7.95. The van der Waals surface area contributed by atoms with Crippen LogP contribution < -0.4 is 16.8 Å². The summed E-state index contributed by atoms with van der Waals surface area (Å²) in [6.45, 7) is 3.86. The first kappa shape index (κ1) is 13.4. The number of halogens is 1. The first-order valence-corrected chi connectivity index (χ1v) is 5.57. The second-order valence-corrected chi connectivity index (χ2v) is 4.13. The molecule has 0 aliphatic rings. The Hall–Kier alpha value is -1.62. The van der Waals surface area contributed by atoms with Crippen LogP contribution in [0.3, 0.4) is 0 Å². The molecule has 1 aromatic rings. The molecule has 4 nitrogen and oxygen atoms in total. The van der Waals surface area contributed by atoms with Crippen LogP contribution in [0, 0.1) is 11.7 Å². The summed E-state index contributed by atoms with van der Waals surface area (Å²) in [5, 5.41) is 2.60. The van der Waals surface area contributed by atoms with Crippen molar-refractivity contribution in [3.63, 3.8) is 0 Å². The highest BCUT2D eigenvalue weighted by Gasteiger charge is 2.19. The lowest BCUT2D eigenvalue weighted by molar-refractivity contribution is -0.118. The molecule has 0 fully saturated rings. The Morgan fingerprint density at radius 2 is 2.18 bits per heavy atom. The van der Waals surface area contributed by atoms with Crippen molar-refractivity contribution in [3.05, 3.63) is 24.0 Å². The molecule has 5 heteroatoms. The molecule has 0 spiro atoms. The van der Waals surface area contributed by atoms with Gasteiger partial charge in [0.25, 0.3) is 0 Å². The van der Waals surface area contributed by atoms with Crippen molar-refractivity contribution in [1.29, 1.82) is 0 Å². The normalized spacial score (nSPS) is 14.1. The van der Waals surface area contributed by atoms with E-state index in [0.29, 0.717) is 5.69 Å². The van der Waals surface area contributed by atoms with Gasteiger partial charge in [-0.3, -0.25) is 4.79 Å². The van der Waals surface area contributed by atoms with E-state index in [1.165, 1.54) is 12.1 Å². The number of nitrogen functional groups attached to an aromatic ring is 1. The number of carbonyl (C=O) groups excluding carboxylic acids is 1. The van der Waals surface area contributed by atoms with Gasteiger partial charge in [0.2, 0.25) is 5.91 Å². The van der Waals surface area contributed by atoms with E-state index in [9.17, 15) is 9.18 Å². The topological polar surface area (TPSA) is 81.1 Å². The Labute approximate surface area is 100 Å². The van der Waals surface area contributed by atoms with Crippen molar-refractivity contribution >= 4 is 17.3 Å². The summed E-state index contributed by atoms with van der Waals surface area (Å²) in [5.41, 5.74) is 11.9. The van der Waals surface area contributed by atoms with E-state index in [4.69, 9.17) is 11.5 Å². The average Bonchev–Trinajstić information content (AvgIpc) is 2.30. The minimum Gasteiger partial charge on any atom is -0.397 e. The number of hydrogen-bond acceptors (Lipinski definition) is 3. The molecule has 0 radical (unpaired) electrons. The van der Waals surface area contributed by atoms with E-state index >= 15 is 0 Å². The van der Waals surface area contributed by atoms with Gasteiger partial charge in [-0.05, 0) is 24.1 Å². The van der Waals surface area contributed by atoms with Crippen LogP contribution in [0.2, 0.25) is 0 Å². The Balaban J connectivity index is 2.74. The number of nitrogens with two attached hydrogens (primary N) is 2. The molecule has 0 bridgehead atoms. The maximum absolute atomic E-state index is 12.8. The molecule has 0 aliphatic heterocycles. The highest BCUT2D eigenvalue weighted by atomic mass is 19.1. The Morgan fingerprint density at radius 3 is 2.71 bits per heavy atom. The van der Waals surface area contributed by atoms with Gasteiger partial charge in [-0.15, -0.1) is 0 Å². The third-order valence-corrected chi connectivity index (χ3v) is 2.83. The first-order valence-electron chi connectivity index (χ1n) is 5.57. The lowest BCUT2D eigenvalue weighted by Gasteiger charge is -2.18. The predicted molar refractivity (Wildman–Crippen MR) is 66.9 cm³/mol. The molecule has 5 N–H and O–H groups in total. The summed E-state index contributed by atoms with van der Waals surface area (Å²) < 4.78 is 12.8. The fourth-order valence-corrected chi connectivity index (χ4v) is 1.38. The van der Waals surface area contributed by atoms with Crippen LogP contribution in [-0.2, 0) is 4.79 Å². The third-order valence-electron chi connectivity index (χ3n) is 2.83. The highest BCUT2D eigenvalue weighted by Crippen LogP contribution is 2.19. The number of anilines is 2. The van der Waals surface area contributed by atoms with E-state index in [2.05, 4.69) is 5.32 Å². The minimum atomic E-state index is -0.593. The molecular formula is C12H18FN3O. The van der Waals surface area contributed by atoms with Gasteiger partial charge in [-0.2, -0.15) is 0 Å². The van der Waals surface area contributed by atoms with Gasteiger partial charge in [0.1, 0.15) is 5.82 Å². The quantitative estimate of drug-likeness (QED) is 0.700. The summed E-state index contributed by atoms with van der Waals surface area (Å²) in [7, 11) is 0. The van der Waals surface area contributed by atoms with Crippen LogP contribution in [0.5, 0.6) is 0 Å². The zero-order valence-electron chi connectivity index (χ0n) is 10.0. The minimum absolute atomic E-state index is 0.0803. The average molecular weight is 239 g/mol. The molecule has 94 valence electrons. The van der Waals surface area contributed by atoms with Crippen molar-refractivity contribution in [2.45, 2.75) is 26.3 Å². The number of benzene rings is 1. The van der Waals surface area contributed by atoms with E-state index in [-0.39, 0.29) is 17.5 Å². The molecule has 0 heterocycles. The molecular weight excluding hydrogens is 221 g/mol. The van der Waals surface area contributed by atoms with E-state index in [1.807, 2.05) is 13.8 Å². The van der Waals surface area contributed by atoms with Gasteiger partial charge in [0.05, 0.1) is 17.4 Å². The summed E-state index contributed by atoms with van der Waals surface area (Å²) in [6, 6.07) is 3.22. The molecule has 17 heavy (non-hydrogen) atoms. The monoisotopic (exact) mass is 239 g/mol. The van der Waals surface area contributed by atoms with E-state index < -0.39 is 11.9 Å². The fourth-order valence-electron chi connectivity index (χ4n) is 1.38. The smallest absolute Gasteiger partial charge is 0.241 e. The van der Waals surface area contributed by atoms with Gasteiger partial charge in [-0.25, -0.2) is 4.39 Å². The fraction of sp³-hybridized carbons (Fsp3) is 0.417. The van der Waals surface area contributed by atoms with Crippen molar-refractivity contribution in [2.24, 2.45) is 11.7 Å². The SMILES string of the molecule is CCC(C)[C@H](N)C(=O)Nc1ccc(F)cc1N.